The predicted molar refractivity (Wildman–Crippen MR) is 83.8 cm³/mol. The van der Waals surface area contributed by atoms with Gasteiger partial charge in [0.1, 0.15) is 0 Å². The van der Waals surface area contributed by atoms with Gasteiger partial charge in [0.05, 0.1) is 14.2 Å². The molecule has 114 valence electrons. The minimum Gasteiger partial charge on any atom is -0.493 e. The van der Waals surface area contributed by atoms with Gasteiger partial charge in [0.25, 0.3) is 0 Å². The van der Waals surface area contributed by atoms with Crippen molar-refractivity contribution in [2.75, 3.05) is 40.9 Å². The van der Waals surface area contributed by atoms with Crippen LogP contribution in [-0.2, 0) is 0 Å². The summed E-state index contributed by atoms with van der Waals surface area (Å²) in [6.45, 7) is 7.48. The van der Waals surface area contributed by atoms with E-state index in [4.69, 9.17) is 9.47 Å². The molecule has 0 spiro atoms. The van der Waals surface area contributed by atoms with Crippen LogP contribution in [0.2, 0.25) is 0 Å². The average molecular weight is 280 g/mol. The molecule has 20 heavy (non-hydrogen) atoms. The van der Waals surface area contributed by atoms with Crippen molar-refractivity contribution >= 4 is 0 Å². The molecule has 1 unspecified atom stereocenters. The van der Waals surface area contributed by atoms with Crippen LogP contribution in [0.25, 0.3) is 0 Å². The summed E-state index contributed by atoms with van der Waals surface area (Å²) < 4.78 is 10.7. The van der Waals surface area contributed by atoms with Gasteiger partial charge < -0.3 is 19.7 Å². The Bertz CT molecular complexity index is 396. The van der Waals surface area contributed by atoms with Gasteiger partial charge in [0.15, 0.2) is 11.5 Å². The second kappa shape index (κ2) is 8.82. The second-order valence-electron chi connectivity index (χ2n) is 4.93. The first-order valence-corrected chi connectivity index (χ1v) is 7.30. The van der Waals surface area contributed by atoms with Gasteiger partial charge in [0.2, 0.25) is 0 Å². The quantitative estimate of drug-likeness (QED) is 0.754. The van der Waals surface area contributed by atoms with Gasteiger partial charge in [-0.25, -0.2) is 0 Å². The van der Waals surface area contributed by atoms with Crippen LogP contribution >= 0.6 is 0 Å². The molecule has 0 radical (unpaired) electrons. The molecule has 4 nitrogen and oxygen atoms in total. The predicted octanol–water partition coefficient (Wildman–Crippen LogP) is 2.70. The van der Waals surface area contributed by atoms with Crippen LogP contribution in [0.3, 0.4) is 0 Å². The smallest absolute Gasteiger partial charge is 0.161 e. The van der Waals surface area contributed by atoms with Crippen LogP contribution in [0.5, 0.6) is 11.5 Å². The molecule has 1 aromatic carbocycles. The second-order valence-corrected chi connectivity index (χ2v) is 4.93. The lowest BCUT2D eigenvalue weighted by molar-refractivity contribution is 0.337. The minimum absolute atomic E-state index is 0.347. The van der Waals surface area contributed by atoms with E-state index in [-0.39, 0.29) is 0 Å². The van der Waals surface area contributed by atoms with E-state index in [2.05, 4.69) is 43.2 Å². The van der Waals surface area contributed by atoms with Crippen LogP contribution < -0.4 is 14.8 Å². The zero-order valence-electron chi connectivity index (χ0n) is 13.4. The fourth-order valence-electron chi connectivity index (χ4n) is 2.16. The number of hydrogen-bond donors (Lipinski definition) is 1. The molecule has 0 fully saturated rings. The molecule has 0 saturated carbocycles. The Kier molecular flexibility index (Phi) is 7.41. The molecule has 0 saturated heterocycles. The first-order valence-electron chi connectivity index (χ1n) is 7.30. The number of ether oxygens (including phenoxy) is 2. The summed E-state index contributed by atoms with van der Waals surface area (Å²) in [4.78, 5) is 2.30. The number of nitrogens with one attached hydrogen (secondary N) is 1. The largest absolute Gasteiger partial charge is 0.493 e. The highest BCUT2D eigenvalue weighted by molar-refractivity contribution is 5.43. The van der Waals surface area contributed by atoms with E-state index in [9.17, 15) is 0 Å². The first-order chi connectivity index (χ1) is 9.65. The summed E-state index contributed by atoms with van der Waals surface area (Å²) in [6, 6.07) is 6.48. The third-order valence-corrected chi connectivity index (χ3v) is 3.64. The highest BCUT2D eigenvalue weighted by Gasteiger charge is 2.12. The van der Waals surface area contributed by atoms with Crippen molar-refractivity contribution in [3.8, 4) is 11.5 Å². The van der Waals surface area contributed by atoms with Crippen molar-refractivity contribution in [1.29, 1.82) is 0 Å². The van der Waals surface area contributed by atoms with Gasteiger partial charge in [-0.2, -0.15) is 0 Å². The van der Waals surface area contributed by atoms with E-state index in [0.717, 1.165) is 37.6 Å². The van der Waals surface area contributed by atoms with Crippen LogP contribution in [0.1, 0.15) is 31.9 Å². The van der Waals surface area contributed by atoms with E-state index in [1.807, 2.05) is 6.07 Å². The minimum atomic E-state index is 0.347. The van der Waals surface area contributed by atoms with Gasteiger partial charge in [-0.3, -0.25) is 0 Å². The van der Waals surface area contributed by atoms with Crippen LogP contribution in [-0.4, -0.2) is 45.8 Å². The standard InChI is InChI=1S/C16H28N2O2/c1-6-14(17-10-11-18(3)7-2)13-8-9-15(19-4)16(12-13)20-5/h8-9,12,14,17H,6-7,10-11H2,1-5H3. The number of likely N-dealkylation sites (N-methyl/N-ethyl adjacent to an activating group) is 1. The Morgan fingerprint density at radius 1 is 1.15 bits per heavy atom. The number of methoxy groups -OCH3 is 2. The monoisotopic (exact) mass is 280 g/mol. The molecule has 1 atom stereocenters. The van der Waals surface area contributed by atoms with Gasteiger partial charge in [-0.1, -0.05) is 19.9 Å². The fourth-order valence-corrected chi connectivity index (χ4v) is 2.16. The maximum Gasteiger partial charge on any atom is 0.161 e. The molecule has 0 aliphatic rings. The zero-order valence-corrected chi connectivity index (χ0v) is 13.4. The molecule has 0 amide bonds. The summed E-state index contributed by atoms with van der Waals surface area (Å²) >= 11 is 0. The number of benzene rings is 1. The van der Waals surface area contributed by atoms with Gasteiger partial charge >= 0.3 is 0 Å². The number of hydrogen-bond acceptors (Lipinski definition) is 4. The Morgan fingerprint density at radius 2 is 1.85 bits per heavy atom. The summed E-state index contributed by atoms with van der Waals surface area (Å²) in [5.74, 6) is 1.56. The SMILES string of the molecule is CCC(NCCN(C)CC)c1ccc(OC)c(OC)c1. The van der Waals surface area contributed by atoms with Crippen molar-refractivity contribution < 1.29 is 9.47 Å². The molecule has 0 aliphatic heterocycles. The zero-order chi connectivity index (χ0) is 15.0. The highest BCUT2D eigenvalue weighted by Crippen LogP contribution is 2.30. The molecular weight excluding hydrogens is 252 g/mol. The van der Waals surface area contributed by atoms with E-state index >= 15 is 0 Å². The summed E-state index contributed by atoms with van der Waals surface area (Å²) in [5, 5.41) is 3.60. The summed E-state index contributed by atoms with van der Waals surface area (Å²) in [5.41, 5.74) is 1.24. The van der Waals surface area contributed by atoms with E-state index in [1.54, 1.807) is 14.2 Å². The molecule has 0 aromatic heterocycles. The van der Waals surface area contributed by atoms with E-state index in [1.165, 1.54) is 5.56 Å². The number of nitrogens with zero attached hydrogens (tertiary/aromatic N) is 1. The maximum atomic E-state index is 5.37. The van der Waals surface area contributed by atoms with Crippen LogP contribution in [0.15, 0.2) is 18.2 Å². The Balaban J connectivity index is 2.69. The molecule has 1 N–H and O–H groups in total. The maximum absolute atomic E-state index is 5.37. The fraction of sp³-hybridized carbons (Fsp3) is 0.625. The van der Waals surface area contributed by atoms with Crippen molar-refractivity contribution in [3.63, 3.8) is 0 Å². The molecule has 0 bridgehead atoms. The molecule has 4 heteroatoms. The lowest BCUT2D eigenvalue weighted by atomic mass is 10.0. The van der Waals surface area contributed by atoms with Crippen molar-refractivity contribution in [2.45, 2.75) is 26.3 Å². The summed E-state index contributed by atoms with van der Waals surface area (Å²) in [7, 11) is 5.47. The van der Waals surface area contributed by atoms with E-state index < -0.39 is 0 Å². The lowest BCUT2D eigenvalue weighted by Gasteiger charge is -2.21. The average Bonchev–Trinajstić information content (AvgIpc) is 2.50. The highest BCUT2D eigenvalue weighted by atomic mass is 16.5. The van der Waals surface area contributed by atoms with Gasteiger partial charge in [0, 0.05) is 19.1 Å². The van der Waals surface area contributed by atoms with Crippen molar-refractivity contribution in [2.24, 2.45) is 0 Å². The van der Waals surface area contributed by atoms with Crippen LogP contribution in [0.4, 0.5) is 0 Å². The first kappa shape index (κ1) is 16.8. The molecule has 0 heterocycles. The Labute approximate surface area is 123 Å². The van der Waals surface area contributed by atoms with Gasteiger partial charge in [-0.05, 0) is 37.7 Å². The molecule has 0 aliphatic carbocycles. The Hall–Kier alpha value is -1.26. The topological polar surface area (TPSA) is 33.7 Å². The molecular formula is C16H28N2O2. The Morgan fingerprint density at radius 3 is 2.40 bits per heavy atom. The van der Waals surface area contributed by atoms with Crippen molar-refractivity contribution in [1.82, 2.24) is 10.2 Å². The molecule has 1 aromatic rings. The summed E-state index contributed by atoms with van der Waals surface area (Å²) in [6.07, 6.45) is 1.05. The number of rotatable bonds is 9. The lowest BCUT2D eigenvalue weighted by Crippen LogP contribution is -2.31. The van der Waals surface area contributed by atoms with Crippen LogP contribution in [0, 0.1) is 0 Å². The van der Waals surface area contributed by atoms with Crippen molar-refractivity contribution in [3.05, 3.63) is 23.8 Å². The van der Waals surface area contributed by atoms with Gasteiger partial charge in [-0.15, -0.1) is 0 Å². The molecule has 1 rings (SSSR count). The third-order valence-electron chi connectivity index (χ3n) is 3.64. The third kappa shape index (κ3) is 4.69. The van der Waals surface area contributed by atoms with E-state index in [0.29, 0.717) is 6.04 Å². The normalized spacial score (nSPS) is 12.5.